The van der Waals surface area contributed by atoms with E-state index in [9.17, 15) is 4.79 Å². The van der Waals surface area contributed by atoms with E-state index < -0.39 is 0 Å². The van der Waals surface area contributed by atoms with Crippen molar-refractivity contribution in [3.8, 4) is 0 Å². The molecule has 0 aliphatic heterocycles. The second-order valence-corrected chi connectivity index (χ2v) is 3.45. The number of nitrogens with zero attached hydrogens (tertiary/aromatic N) is 1. The molecular weight excluding hydrogens is 359 g/mol. The molecule has 1 heterocycles. The Kier molecular flexibility index (Phi) is 9.59. The van der Waals surface area contributed by atoms with Crippen LogP contribution in [0.25, 0.3) is 0 Å². The molecule has 0 aliphatic rings. The van der Waals surface area contributed by atoms with Gasteiger partial charge in [0, 0.05) is 13.6 Å². The molecule has 106 valence electrons. The summed E-state index contributed by atoms with van der Waals surface area (Å²) in [5.41, 5.74) is 0. The molecule has 6 nitrogen and oxygen atoms in total. The molecule has 0 aromatic carbocycles. The Hall–Kier alpha value is -1.51. The van der Waals surface area contributed by atoms with Gasteiger partial charge in [-0.2, -0.15) is 0 Å². The van der Waals surface area contributed by atoms with Gasteiger partial charge in [0.2, 0.25) is 5.91 Å². The highest BCUT2D eigenvalue weighted by atomic mass is 127. The average Bonchev–Trinajstić information content (AvgIpc) is 2.89. The summed E-state index contributed by atoms with van der Waals surface area (Å²) in [4.78, 5) is 15.5. The lowest BCUT2D eigenvalue weighted by atomic mass is 10.4. The minimum Gasteiger partial charge on any atom is -0.467 e. The minimum absolute atomic E-state index is 0. The van der Waals surface area contributed by atoms with Gasteiger partial charge in [-0.05, 0) is 12.1 Å². The van der Waals surface area contributed by atoms with Crippen molar-refractivity contribution < 1.29 is 9.21 Å². The SMILES string of the molecule is C=CCNC(=NC)NCC(=O)NCc1ccco1.I. The van der Waals surface area contributed by atoms with Gasteiger partial charge in [0.25, 0.3) is 0 Å². The predicted octanol–water partition coefficient (Wildman–Crippen LogP) is 0.865. The van der Waals surface area contributed by atoms with Crippen molar-refractivity contribution >= 4 is 35.8 Å². The Morgan fingerprint density at radius 1 is 1.47 bits per heavy atom. The molecule has 0 saturated heterocycles. The standard InChI is InChI=1S/C12H18N4O2.HI/c1-3-6-14-12(13-2)16-9-11(17)15-8-10-5-4-7-18-10;/h3-5,7H,1,6,8-9H2,2H3,(H,15,17)(H2,13,14,16);1H. The smallest absolute Gasteiger partial charge is 0.239 e. The quantitative estimate of drug-likeness (QED) is 0.297. The van der Waals surface area contributed by atoms with E-state index in [2.05, 4.69) is 27.5 Å². The molecule has 0 radical (unpaired) electrons. The van der Waals surface area contributed by atoms with Gasteiger partial charge in [0.05, 0.1) is 19.4 Å². The van der Waals surface area contributed by atoms with Crippen LogP contribution < -0.4 is 16.0 Å². The van der Waals surface area contributed by atoms with E-state index in [4.69, 9.17) is 4.42 Å². The van der Waals surface area contributed by atoms with Gasteiger partial charge in [-0.1, -0.05) is 6.08 Å². The molecule has 19 heavy (non-hydrogen) atoms. The number of halogens is 1. The van der Waals surface area contributed by atoms with Crippen LogP contribution in [0.2, 0.25) is 0 Å². The molecular formula is C12H19IN4O2. The number of hydrogen-bond donors (Lipinski definition) is 3. The Morgan fingerprint density at radius 2 is 2.26 bits per heavy atom. The zero-order valence-corrected chi connectivity index (χ0v) is 13.1. The van der Waals surface area contributed by atoms with E-state index in [-0.39, 0.29) is 36.4 Å². The van der Waals surface area contributed by atoms with Crippen molar-refractivity contribution in [3.63, 3.8) is 0 Å². The zero-order valence-electron chi connectivity index (χ0n) is 10.8. The molecule has 1 aromatic rings. The number of furan rings is 1. The summed E-state index contributed by atoms with van der Waals surface area (Å²) in [7, 11) is 1.64. The normalized spacial score (nSPS) is 10.3. The summed E-state index contributed by atoms with van der Waals surface area (Å²) in [6.07, 6.45) is 3.28. The van der Waals surface area contributed by atoms with Crippen LogP contribution in [0.1, 0.15) is 5.76 Å². The number of hydrogen-bond acceptors (Lipinski definition) is 3. The van der Waals surface area contributed by atoms with E-state index >= 15 is 0 Å². The van der Waals surface area contributed by atoms with Crippen molar-refractivity contribution in [2.45, 2.75) is 6.54 Å². The first-order valence-corrected chi connectivity index (χ1v) is 5.60. The van der Waals surface area contributed by atoms with Crippen molar-refractivity contribution in [1.29, 1.82) is 0 Å². The van der Waals surface area contributed by atoms with Crippen LogP contribution in [0.5, 0.6) is 0 Å². The largest absolute Gasteiger partial charge is 0.467 e. The third-order valence-electron chi connectivity index (χ3n) is 2.09. The number of nitrogens with one attached hydrogen (secondary N) is 3. The molecule has 0 spiro atoms. The summed E-state index contributed by atoms with van der Waals surface area (Å²) in [6, 6.07) is 3.58. The fourth-order valence-corrected chi connectivity index (χ4v) is 1.21. The van der Waals surface area contributed by atoms with E-state index in [1.165, 1.54) is 0 Å². The lowest BCUT2D eigenvalue weighted by Crippen LogP contribution is -2.43. The molecule has 1 amide bonds. The highest BCUT2D eigenvalue weighted by Gasteiger charge is 2.03. The Bertz CT molecular complexity index is 404. The van der Waals surface area contributed by atoms with Gasteiger partial charge in [0.1, 0.15) is 5.76 Å². The van der Waals surface area contributed by atoms with Crippen LogP contribution in [0.4, 0.5) is 0 Å². The van der Waals surface area contributed by atoms with Gasteiger partial charge < -0.3 is 20.4 Å². The van der Waals surface area contributed by atoms with Gasteiger partial charge >= 0.3 is 0 Å². The van der Waals surface area contributed by atoms with E-state index in [0.717, 1.165) is 5.76 Å². The van der Waals surface area contributed by atoms with E-state index in [1.54, 1.807) is 31.5 Å². The summed E-state index contributed by atoms with van der Waals surface area (Å²) in [6.45, 7) is 4.71. The predicted molar refractivity (Wildman–Crippen MR) is 85.5 cm³/mol. The Labute approximate surface area is 129 Å². The van der Waals surface area contributed by atoms with Gasteiger partial charge in [-0.25, -0.2) is 0 Å². The van der Waals surface area contributed by atoms with Crippen molar-refractivity contribution in [2.75, 3.05) is 20.1 Å². The first kappa shape index (κ1) is 17.5. The molecule has 0 bridgehead atoms. The van der Waals surface area contributed by atoms with E-state index in [0.29, 0.717) is 19.0 Å². The van der Waals surface area contributed by atoms with Crippen molar-refractivity contribution in [2.24, 2.45) is 4.99 Å². The number of amides is 1. The molecule has 1 aromatic heterocycles. The fraction of sp³-hybridized carbons (Fsp3) is 0.333. The Morgan fingerprint density at radius 3 is 2.84 bits per heavy atom. The summed E-state index contributed by atoms with van der Waals surface area (Å²) in [5, 5.41) is 8.57. The third kappa shape index (κ3) is 7.50. The van der Waals surface area contributed by atoms with Gasteiger partial charge in [-0.3, -0.25) is 9.79 Å². The van der Waals surface area contributed by atoms with E-state index in [1.807, 2.05) is 0 Å². The minimum atomic E-state index is -0.132. The number of carbonyl (C=O) groups is 1. The monoisotopic (exact) mass is 378 g/mol. The van der Waals surface area contributed by atoms with Crippen molar-refractivity contribution in [1.82, 2.24) is 16.0 Å². The highest BCUT2D eigenvalue weighted by Crippen LogP contribution is 1.97. The third-order valence-corrected chi connectivity index (χ3v) is 2.09. The number of rotatable bonds is 6. The fourth-order valence-electron chi connectivity index (χ4n) is 1.21. The molecule has 0 saturated carbocycles. The van der Waals surface area contributed by atoms with Crippen LogP contribution in [0.3, 0.4) is 0 Å². The maximum Gasteiger partial charge on any atom is 0.239 e. The van der Waals surface area contributed by atoms with Crippen LogP contribution in [0.15, 0.2) is 40.5 Å². The second-order valence-electron chi connectivity index (χ2n) is 3.45. The van der Waals surface area contributed by atoms with Gasteiger partial charge in [-0.15, -0.1) is 30.6 Å². The molecule has 3 N–H and O–H groups in total. The molecule has 0 unspecified atom stereocenters. The van der Waals surface area contributed by atoms with Crippen molar-refractivity contribution in [3.05, 3.63) is 36.8 Å². The van der Waals surface area contributed by atoms with Crippen LogP contribution >= 0.6 is 24.0 Å². The highest BCUT2D eigenvalue weighted by molar-refractivity contribution is 14.0. The zero-order chi connectivity index (χ0) is 13.2. The van der Waals surface area contributed by atoms with Crippen LogP contribution in [-0.4, -0.2) is 32.0 Å². The summed E-state index contributed by atoms with van der Waals surface area (Å²) in [5.74, 6) is 1.15. The average molecular weight is 378 g/mol. The second kappa shape index (κ2) is 10.4. The number of guanidine groups is 1. The maximum absolute atomic E-state index is 11.5. The molecule has 0 aliphatic carbocycles. The van der Waals surface area contributed by atoms with Gasteiger partial charge in [0.15, 0.2) is 5.96 Å². The first-order valence-electron chi connectivity index (χ1n) is 5.60. The summed E-state index contributed by atoms with van der Waals surface area (Å²) < 4.78 is 5.10. The van der Waals surface area contributed by atoms with Crippen LogP contribution in [-0.2, 0) is 11.3 Å². The maximum atomic E-state index is 11.5. The first-order chi connectivity index (χ1) is 8.76. The lowest BCUT2D eigenvalue weighted by Gasteiger charge is -2.10. The molecule has 0 atom stereocenters. The molecule has 0 fully saturated rings. The number of carbonyl (C=O) groups excluding carboxylic acids is 1. The molecule has 1 rings (SSSR count). The topological polar surface area (TPSA) is 78.7 Å². The van der Waals surface area contributed by atoms with Crippen LogP contribution in [0, 0.1) is 0 Å². The summed E-state index contributed by atoms with van der Waals surface area (Å²) >= 11 is 0. The number of aliphatic imine (C=N–C) groups is 1. The molecule has 7 heteroatoms. The Balaban J connectivity index is 0.00000324. The lowest BCUT2D eigenvalue weighted by molar-refractivity contribution is -0.120.